The zero-order valence-corrected chi connectivity index (χ0v) is 8.43. The van der Waals surface area contributed by atoms with Gasteiger partial charge in [0.05, 0.1) is 18.2 Å². The van der Waals surface area contributed by atoms with Crippen LogP contribution >= 0.6 is 0 Å². The summed E-state index contributed by atoms with van der Waals surface area (Å²) in [5.74, 6) is -1.18. The first kappa shape index (κ1) is 23.9. The first-order valence-electron chi connectivity index (χ1n) is 3.67. The predicted octanol–water partition coefficient (Wildman–Crippen LogP) is -0.810. The van der Waals surface area contributed by atoms with Crippen molar-refractivity contribution in [1.82, 2.24) is 0 Å². The third-order valence-electron chi connectivity index (χ3n) is 0.805. The second-order valence-corrected chi connectivity index (χ2v) is 2.05. The average Bonchev–Trinajstić information content (AvgIpc) is 2.05. The van der Waals surface area contributed by atoms with Crippen LogP contribution in [0.1, 0.15) is 20.8 Å². The molecule has 0 fully saturated rings. The van der Waals surface area contributed by atoms with Gasteiger partial charge >= 0.3 is 35.5 Å². The van der Waals surface area contributed by atoms with Gasteiger partial charge < -0.3 is 15.9 Å². The molecule has 0 rings (SSSR count). The van der Waals surface area contributed by atoms with Crippen LogP contribution in [0.3, 0.4) is 0 Å². The molecule has 0 aromatic heterocycles. The van der Waals surface area contributed by atoms with E-state index in [0.29, 0.717) is 0 Å². The number of nitriles is 2. The Labute approximate surface area is 112 Å². The SMILES string of the molecule is CC#N.CC#N.CC(O)C(N)C(=O)O.[NaH]. The van der Waals surface area contributed by atoms with Gasteiger partial charge in [-0.05, 0) is 6.92 Å². The van der Waals surface area contributed by atoms with Gasteiger partial charge in [0.2, 0.25) is 0 Å². The molecule has 6 nitrogen and oxygen atoms in total. The summed E-state index contributed by atoms with van der Waals surface area (Å²) in [6.07, 6.45) is -0.979. The third kappa shape index (κ3) is 31.8. The molecule has 0 saturated carbocycles. The number of hydrogen-bond acceptors (Lipinski definition) is 5. The van der Waals surface area contributed by atoms with Crippen molar-refractivity contribution in [2.45, 2.75) is 32.9 Å². The number of hydrogen-bond donors (Lipinski definition) is 3. The van der Waals surface area contributed by atoms with E-state index >= 15 is 0 Å². The van der Waals surface area contributed by atoms with Gasteiger partial charge in [-0.2, -0.15) is 10.5 Å². The zero-order valence-electron chi connectivity index (χ0n) is 8.43. The molecule has 2 atom stereocenters. The Hall–Kier alpha value is -0.630. The minimum atomic E-state index is -1.18. The molecule has 15 heavy (non-hydrogen) atoms. The summed E-state index contributed by atoms with van der Waals surface area (Å²) in [4.78, 5) is 9.86. The average molecular weight is 225 g/mol. The summed E-state index contributed by atoms with van der Waals surface area (Å²) in [6.45, 7) is 4.19. The Morgan fingerprint density at radius 3 is 1.53 bits per heavy atom. The van der Waals surface area contributed by atoms with E-state index in [4.69, 9.17) is 26.5 Å². The second-order valence-electron chi connectivity index (χ2n) is 2.05. The van der Waals surface area contributed by atoms with Crippen LogP contribution in [0.5, 0.6) is 0 Å². The van der Waals surface area contributed by atoms with Gasteiger partial charge in [-0.25, -0.2) is 0 Å². The maximum absolute atomic E-state index is 9.86. The molecule has 0 aliphatic rings. The fourth-order valence-electron chi connectivity index (χ4n) is 0.206. The normalized spacial score (nSPS) is 10.3. The van der Waals surface area contributed by atoms with E-state index in [0.717, 1.165) is 0 Å². The molecule has 7 heteroatoms. The van der Waals surface area contributed by atoms with Gasteiger partial charge in [0.25, 0.3) is 0 Å². The van der Waals surface area contributed by atoms with E-state index in [1.807, 2.05) is 0 Å². The molecule has 0 saturated heterocycles. The van der Waals surface area contributed by atoms with Crippen molar-refractivity contribution in [2.24, 2.45) is 5.73 Å². The summed E-state index contributed by atoms with van der Waals surface area (Å²) < 4.78 is 0. The van der Waals surface area contributed by atoms with Gasteiger partial charge in [-0.1, -0.05) is 0 Å². The Bertz CT molecular complexity index is 208. The molecule has 0 aliphatic carbocycles. The molecule has 82 valence electrons. The molecule has 0 aliphatic heterocycles. The Kier molecular flexibility index (Phi) is 30.3. The summed E-state index contributed by atoms with van der Waals surface area (Å²) in [7, 11) is 0. The summed E-state index contributed by atoms with van der Waals surface area (Å²) in [5.41, 5.74) is 4.91. The van der Waals surface area contributed by atoms with Gasteiger partial charge in [0.15, 0.2) is 0 Å². The van der Waals surface area contributed by atoms with Crippen LogP contribution in [0.15, 0.2) is 0 Å². The van der Waals surface area contributed by atoms with Crippen molar-refractivity contribution >= 4 is 35.5 Å². The van der Waals surface area contributed by atoms with Crippen molar-refractivity contribution < 1.29 is 15.0 Å². The molecule has 4 N–H and O–H groups in total. The van der Waals surface area contributed by atoms with Crippen LogP contribution in [-0.4, -0.2) is 57.9 Å². The molecular formula is C8H16N3NaO3. The van der Waals surface area contributed by atoms with Crippen LogP contribution in [0, 0.1) is 22.7 Å². The Balaban J connectivity index is -0.0000000733. The summed E-state index contributed by atoms with van der Waals surface area (Å²) >= 11 is 0. The van der Waals surface area contributed by atoms with Gasteiger partial charge in [0, 0.05) is 13.8 Å². The maximum atomic E-state index is 9.86. The van der Waals surface area contributed by atoms with E-state index in [2.05, 4.69) is 0 Å². The number of nitrogens with zero attached hydrogens (tertiary/aromatic N) is 2. The predicted molar refractivity (Wildman–Crippen MR) is 57.0 cm³/mol. The van der Waals surface area contributed by atoms with E-state index in [-0.39, 0.29) is 29.6 Å². The van der Waals surface area contributed by atoms with E-state index in [1.165, 1.54) is 20.8 Å². The van der Waals surface area contributed by atoms with Crippen molar-refractivity contribution in [3.8, 4) is 12.1 Å². The monoisotopic (exact) mass is 225 g/mol. The van der Waals surface area contributed by atoms with Crippen molar-refractivity contribution in [3.05, 3.63) is 0 Å². The second kappa shape index (κ2) is 19.0. The molecular weight excluding hydrogens is 209 g/mol. The molecule has 0 radical (unpaired) electrons. The van der Waals surface area contributed by atoms with Crippen molar-refractivity contribution in [1.29, 1.82) is 10.5 Å². The zero-order chi connectivity index (χ0) is 12.1. The fourth-order valence-corrected chi connectivity index (χ4v) is 0.206. The molecule has 0 aromatic carbocycles. The molecule has 0 heterocycles. The number of nitrogens with two attached hydrogens (primary N) is 1. The minimum absolute atomic E-state index is 0. The topological polar surface area (TPSA) is 131 Å². The summed E-state index contributed by atoms with van der Waals surface area (Å²) in [6, 6.07) is 2.34. The number of carboxylic acids is 1. The molecule has 0 aromatic rings. The van der Waals surface area contributed by atoms with Gasteiger partial charge in [-0.15, -0.1) is 0 Å². The first-order valence-corrected chi connectivity index (χ1v) is 3.67. The molecule has 0 spiro atoms. The Morgan fingerprint density at radius 1 is 1.33 bits per heavy atom. The number of aliphatic hydroxyl groups excluding tert-OH is 1. The number of rotatable bonds is 2. The van der Waals surface area contributed by atoms with Crippen molar-refractivity contribution in [2.75, 3.05) is 0 Å². The van der Waals surface area contributed by atoms with Gasteiger partial charge in [-0.3, -0.25) is 4.79 Å². The number of aliphatic carboxylic acids is 1. The summed E-state index contributed by atoms with van der Waals surface area (Å²) in [5, 5.41) is 31.2. The van der Waals surface area contributed by atoms with E-state index in [9.17, 15) is 4.79 Å². The molecule has 0 amide bonds. The standard InChI is InChI=1S/C4H9NO3.2C2H3N.Na.H/c1-2(6)3(5)4(7)8;2*1-2-3;;/h2-3,6H,5H2,1H3,(H,7,8);2*1H3;;. The van der Waals surface area contributed by atoms with Crippen LogP contribution in [0.4, 0.5) is 0 Å². The quantitative estimate of drug-likeness (QED) is 0.527. The molecule has 2 unspecified atom stereocenters. The van der Waals surface area contributed by atoms with Crippen LogP contribution < -0.4 is 5.73 Å². The van der Waals surface area contributed by atoms with Crippen LogP contribution in [0.2, 0.25) is 0 Å². The molecule has 0 bridgehead atoms. The van der Waals surface area contributed by atoms with Crippen LogP contribution in [0.25, 0.3) is 0 Å². The number of carbonyl (C=O) groups is 1. The van der Waals surface area contributed by atoms with Gasteiger partial charge in [0.1, 0.15) is 6.04 Å². The fraction of sp³-hybridized carbons (Fsp3) is 0.625. The third-order valence-corrected chi connectivity index (χ3v) is 0.805. The first-order chi connectivity index (χ1) is 6.38. The number of aliphatic hydroxyl groups is 1. The van der Waals surface area contributed by atoms with Crippen molar-refractivity contribution in [3.63, 3.8) is 0 Å². The van der Waals surface area contributed by atoms with E-state index < -0.39 is 18.1 Å². The number of carboxylic acid groups (broad SMARTS) is 1. The van der Waals surface area contributed by atoms with E-state index in [1.54, 1.807) is 12.1 Å². The Morgan fingerprint density at radius 2 is 1.53 bits per heavy atom. The van der Waals surface area contributed by atoms with Crippen LogP contribution in [-0.2, 0) is 4.79 Å².